The fourth-order valence-electron chi connectivity index (χ4n) is 1.35. The SMILES string of the molecule is CCCCCON=C(N)c1ccc(OC)cc1. The summed E-state index contributed by atoms with van der Waals surface area (Å²) < 4.78 is 5.06. The maximum absolute atomic E-state index is 5.79. The van der Waals surface area contributed by atoms with Crippen molar-refractivity contribution in [3.63, 3.8) is 0 Å². The summed E-state index contributed by atoms with van der Waals surface area (Å²) in [5.41, 5.74) is 6.62. The van der Waals surface area contributed by atoms with E-state index in [-0.39, 0.29) is 0 Å². The first kappa shape index (κ1) is 13.4. The zero-order valence-corrected chi connectivity index (χ0v) is 10.5. The van der Waals surface area contributed by atoms with Gasteiger partial charge in [-0.15, -0.1) is 0 Å². The van der Waals surface area contributed by atoms with Gasteiger partial charge in [-0.3, -0.25) is 0 Å². The van der Waals surface area contributed by atoms with Crippen molar-refractivity contribution in [1.29, 1.82) is 0 Å². The molecule has 0 saturated carbocycles. The van der Waals surface area contributed by atoms with Crippen molar-refractivity contribution in [3.05, 3.63) is 29.8 Å². The van der Waals surface area contributed by atoms with E-state index < -0.39 is 0 Å². The Bertz CT molecular complexity index is 347. The third kappa shape index (κ3) is 4.76. The molecule has 0 saturated heterocycles. The van der Waals surface area contributed by atoms with Crippen molar-refractivity contribution in [2.24, 2.45) is 10.9 Å². The van der Waals surface area contributed by atoms with Gasteiger partial charge < -0.3 is 15.3 Å². The van der Waals surface area contributed by atoms with Crippen LogP contribution in [0.25, 0.3) is 0 Å². The third-order valence-electron chi connectivity index (χ3n) is 2.39. The summed E-state index contributed by atoms with van der Waals surface area (Å²) in [6.07, 6.45) is 3.33. The van der Waals surface area contributed by atoms with Crippen molar-refractivity contribution in [2.45, 2.75) is 26.2 Å². The Balaban J connectivity index is 2.44. The van der Waals surface area contributed by atoms with Crippen molar-refractivity contribution in [1.82, 2.24) is 0 Å². The van der Waals surface area contributed by atoms with Crippen molar-refractivity contribution < 1.29 is 9.57 Å². The van der Waals surface area contributed by atoms with Crippen LogP contribution in [0, 0.1) is 0 Å². The predicted octanol–water partition coefficient (Wildman–Crippen LogP) is 2.52. The molecule has 0 amide bonds. The standard InChI is InChI=1S/C13H20N2O2/c1-3-4-5-10-17-15-13(14)11-6-8-12(16-2)9-7-11/h6-9H,3-5,10H2,1-2H3,(H2,14,15). The minimum atomic E-state index is 0.393. The first-order chi connectivity index (χ1) is 8.27. The van der Waals surface area contributed by atoms with E-state index in [0.717, 1.165) is 24.2 Å². The highest BCUT2D eigenvalue weighted by molar-refractivity contribution is 5.97. The molecule has 0 spiro atoms. The van der Waals surface area contributed by atoms with Crippen LogP contribution in [-0.2, 0) is 4.84 Å². The Kier molecular flexibility index (Phi) is 5.93. The Morgan fingerprint density at radius 3 is 2.53 bits per heavy atom. The van der Waals surface area contributed by atoms with Crippen LogP contribution < -0.4 is 10.5 Å². The fraction of sp³-hybridized carbons (Fsp3) is 0.462. The minimum absolute atomic E-state index is 0.393. The lowest BCUT2D eigenvalue weighted by Crippen LogP contribution is -2.13. The number of nitrogens with zero attached hydrogens (tertiary/aromatic N) is 1. The largest absolute Gasteiger partial charge is 0.497 e. The molecule has 94 valence electrons. The number of nitrogens with two attached hydrogens (primary N) is 1. The summed E-state index contributed by atoms with van der Waals surface area (Å²) in [6.45, 7) is 2.76. The topological polar surface area (TPSA) is 56.8 Å². The van der Waals surface area contributed by atoms with Crippen molar-refractivity contribution in [3.8, 4) is 5.75 Å². The van der Waals surface area contributed by atoms with Gasteiger partial charge in [0.15, 0.2) is 5.84 Å². The van der Waals surface area contributed by atoms with Crippen LogP contribution in [0.15, 0.2) is 29.4 Å². The average molecular weight is 236 g/mol. The molecule has 0 aliphatic carbocycles. The summed E-state index contributed by atoms with van der Waals surface area (Å²) in [6, 6.07) is 7.39. The number of rotatable bonds is 7. The normalized spacial score (nSPS) is 11.3. The number of methoxy groups -OCH3 is 1. The number of benzene rings is 1. The molecule has 0 atom stereocenters. The molecule has 2 N–H and O–H groups in total. The molecule has 0 radical (unpaired) electrons. The first-order valence-corrected chi connectivity index (χ1v) is 5.87. The molecule has 0 unspecified atom stereocenters. The second-order valence-electron chi connectivity index (χ2n) is 3.75. The monoisotopic (exact) mass is 236 g/mol. The van der Waals surface area contributed by atoms with Gasteiger partial charge >= 0.3 is 0 Å². The summed E-state index contributed by atoms with van der Waals surface area (Å²) in [5, 5.41) is 3.88. The van der Waals surface area contributed by atoms with Crippen LogP contribution in [0.2, 0.25) is 0 Å². The molecule has 0 aliphatic rings. The zero-order chi connectivity index (χ0) is 12.5. The smallest absolute Gasteiger partial charge is 0.170 e. The Hall–Kier alpha value is -1.71. The van der Waals surface area contributed by atoms with Gasteiger partial charge in [0.25, 0.3) is 0 Å². The molecule has 4 nitrogen and oxygen atoms in total. The van der Waals surface area contributed by atoms with Gasteiger partial charge in [-0.25, -0.2) is 0 Å². The van der Waals surface area contributed by atoms with Gasteiger partial charge in [-0.05, 0) is 30.7 Å². The van der Waals surface area contributed by atoms with Gasteiger partial charge in [0, 0.05) is 5.56 Å². The molecule has 0 heterocycles. The lowest BCUT2D eigenvalue weighted by atomic mass is 10.2. The number of hydrogen-bond donors (Lipinski definition) is 1. The van der Waals surface area contributed by atoms with E-state index in [4.69, 9.17) is 15.3 Å². The molecule has 4 heteroatoms. The first-order valence-electron chi connectivity index (χ1n) is 5.87. The van der Waals surface area contributed by atoms with E-state index >= 15 is 0 Å². The summed E-state index contributed by atoms with van der Waals surface area (Å²) >= 11 is 0. The molecule has 0 fully saturated rings. The van der Waals surface area contributed by atoms with Crippen molar-refractivity contribution >= 4 is 5.84 Å². The number of unbranched alkanes of at least 4 members (excludes halogenated alkanes) is 2. The number of hydrogen-bond acceptors (Lipinski definition) is 3. The molecule has 1 aromatic carbocycles. The van der Waals surface area contributed by atoms with Crippen LogP contribution in [-0.4, -0.2) is 19.6 Å². The van der Waals surface area contributed by atoms with Gasteiger partial charge in [-0.2, -0.15) is 0 Å². The molecule has 17 heavy (non-hydrogen) atoms. The molecule has 0 aromatic heterocycles. The van der Waals surface area contributed by atoms with E-state index in [9.17, 15) is 0 Å². The second kappa shape index (κ2) is 7.54. The third-order valence-corrected chi connectivity index (χ3v) is 2.39. The quantitative estimate of drug-likeness (QED) is 0.342. The molecular formula is C13H20N2O2. The van der Waals surface area contributed by atoms with Gasteiger partial charge in [0.2, 0.25) is 0 Å². The predicted molar refractivity (Wildman–Crippen MR) is 69.2 cm³/mol. The van der Waals surface area contributed by atoms with E-state index in [1.807, 2.05) is 24.3 Å². The van der Waals surface area contributed by atoms with Gasteiger partial charge in [0.05, 0.1) is 7.11 Å². The average Bonchev–Trinajstić information content (AvgIpc) is 2.38. The molecule has 1 aromatic rings. The maximum atomic E-state index is 5.79. The second-order valence-corrected chi connectivity index (χ2v) is 3.75. The van der Waals surface area contributed by atoms with E-state index in [1.54, 1.807) is 7.11 Å². The molecule has 0 bridgehead atoms. The van der Waals surface area contributed by atoms with E-state index in [1.165, 1.54) is 6.42 Å². The van der Waals surface area contributed by atoms with Gasteiger partial charge in [-0.1, -0.05) is 24.9 Å². The Morgan fingerprint density at radius 1 is 1.24 bits per heavy atom. The van der Waals surface area contributed by atoms with Crippen LogP contribution in [0.3, 0.4) is 0 Å². The van der Waals surface area contributed by atoms with E-state index in [0.29, 0.717) is 12.4 Å². The minimum Gasteiger partial charge on any atom is -0.497 e. The van der Waals surface area contributed by atoms with Crippen LogP contribution in [0.4, 0.5) is 0 Å². The zero-order valence-electron chi connectivity index (χ0n) is 10.5. The number of ether oxygens (including phenoxy) is 1. The lowest BCUT2D eigenvalue weighted by molar-refractivity contribution is 0.140. The fourth-order valence-corrected chi connectivity index (χ4v) is 1.35. The van der Waals surface area contributed by atoms with Gasteiger partial charge in [0.1, 0.15) is 12.4 Å². The maximum Gasteiger partial charge on any atom is 0.170 e. The lowest BCUT2D eigenvalue weighted by Gasteiger charge is -2.03. The summed E-state index contributed by atoms with van der Waals surface area (Å²) in [7, 11) is 1.63. The highest BCUT2D eigenvalue weighted by Gasteiger charge is 1.99. The van der Waals surface area contributed by atoms with E-state index in [2.05, 4.69) is 12.1 Å². The highest BCUT2D eigenvalue weighted by atomic mass is 16.6. The molecule has 0 aliphatic heterocycles. The van der Waals surface area contributed by atoms with Crippen LogP contribution >= 0.6 is 0 Å². The van der Waals surface area contributed by atoms with Crippen LogP contribution in [0.5, 0.6) is 5.75 Å². The van der Waals surface area contributed by atoms with Crippen LogP contribution in [0.1, 0.15) is 31.7 Å². The number of oxime groups is 1. The highest BCUT2D eigenvalue weighted by Crippen LogP contribution is 2.11. The Morgan fingerprint density at radius 2 is 1.94 bits per heavy atom. The Labute approximate surface area is 102 Å². The summed E-state index contributed by atoms with van der Waals surface area (Å²) in [5.74, 6) is 1.19. The molecular weight excluding hydrogens is 216 g/mol. The number of amidine groups is 1. The van der Waals surface area contributed by atoms with Crippen molar-refractivity contribution in [2.75, 3.05) is 13.7 Å². The summed E-state index contributed by atoms with van der Waals surface area (Å²) in [4.78, 5) is 5.14. The molecule has 1 rings (SSSR count).